The quantitative estimate of drug-likeness (QED) is 0.766. The third-order valence-corrected chi connectivity index (χ3v) is 3.52. The first kappa shape index (κ1) is 10.1. The first-order valence-electron chi connectivity index (χ1n) is 5.77. The summed E-state index contributed by atoms with van der Waals surface area (Å²) in [5.41, 5.74) is 0.976. The van der Waals surface area contributed by atoms with E-state index >= 15 is 0 Å². The van der Waals surface area contributed by atoms with Crippen LogP contribution in [-0.2, 0) is 4.74 Å². The van der Waals surface area contributed by atoms with Gasteiger partial charge in [0.1, 0.15) is 17.7 Å². The Morgan fingerprint density at radius 1 is 1.38 bits per heavy atom. The number of ether oxygens (including phenoxy) is 2. The highest BCUT2D eigenvalue weighted by Gasteiger charge is 2.42. The second kappa shape index (κ2) is 3.74. The van der Waals surface area contributed by atoms with Crippen LogP contribution in [0.3, 0.4) is 0 Å². The minimum Gasteiger partial charge on any atom is -0.487 e. The van der Waals surface area contributed by atoms with Crippen LogP contribution in [0.5, 0.6) is 5.75 Å². The number of benzene rings is 1. The van der Waals surface area contributed by atoms with Gasteiger partial charge in [0.2, 0.25) is 0 Å². The summed E-state index contributed by atoms with van der Waals surface area (Å²) in [6.07, 6.45) is 2.46. The molecule has 2 nitrogen and oxygen atoms in total. The lowest BCUT2D eigenvalue weighted by atomic mass is 10.1. The highest BCUT2D eigenvalue weighted by Crippen LogP contribution is 2.38. The normalized spacial score (nSPS) is 32.0. The fourth-order valence-corrected chi connectivity index (χ4v) is 2.62. The molecule has 0 N–H and O–H groups in total. The van der Waals surface area contributed by atoms with Gasteiger partial charge in [-0.15, -0.1) is 0 Å². The largest absolute Gasteiger partial charge is 0.487 e. The van der Waals surface area contributed by atoms with Crippen molar-refractivity contribution >= 4 is 0 Å². The number of hydrogen-bond donors (Lipinski definition) is 0. The van der Waals surface area contributed by atoms with Crippen molar-refractivity contribution in [2.24, 2.45) is 5.92 Å². The molecule has 1 aromatic carbocycles. The van der Waals surface area contributed by atoms with E-state index in [0.29, 0.717) is 11.7 Å². The molecule has 1 aliphatic carbocycles. The van der Waals surface area contributed by atoms with E-state index in [2.05, 4.69) is 0 Å². The minimum absolute atomic E-state index is 0.110. The summed E-state index contributed by atoms with van der Waals surface area (Å²) in [7, 11) is 0. The van der Waals surface area contributed by atoms with E-state index in [9.17, 15) is 4.39 Å². The van der Waals surface area contributed by atoms with Crippen LogP contribution >= 0.6 is 0 Å². The zero-order valence-electron chi connectivity index (χ0n) is 9.28. The van der Waals surface area contributed by atoms with Crippen LogP contribution in [-0.4, -0.2) is 18.8 Å². The molecule has 1 aromatic rings. The van der Waals surface area contributed by atoms with Crippen molar-refractivity contribution in [3.8, 4) is 5.75 Å². The maximum atomic E-state index is 13.1. The summed E-state index contributed by atoms with van der Waals surface area (Å²) in [5, 5.41) is 0. The Kier molecular flexibility index (Phi) is 2.36. The van der Waals surface area contributed by atoms with Gasteiger partial charge in [-0.05, 0) is 37.3 Å². The first-order valence-corrected chi connectivity index (χ1v) is 5.77. The van der Waals surface area contributed by atoms with Gasteiger partial charge in [0, 0.05) is 6.07 Å². The fraction of sp³-hybridized carbons (Fsp3) is 0.538. The molecule has 3 heteroatoms. The molecule has 0 aromatic heterocycles. The maximum Gasteiger partial charge on any atom is 0.126 e. The Morgan fingerprint density at radius 2 is 2.25 bits per heavy atom. The molecule has 1 saturated heterocycles. The molecule has 2 aliphatic rings. The van der Waals surface area contributed by atoms with Gasteiger partial charge in [0.05, 0.1) is 12.7 Å². The third kappa shape index (κ3) is 1.69. The maximum absolute atomic E-state index is 13.1. The molecule has 3 atom stereocenters. The van der Waals surface area contributed by atoms with Crippen LogP contribution in [0.4, 0.5) is 4.39 Å². The monoisotopic (exact) mass is 222 g/mol. The molecule has 2 fully saturated rings. The van der Waals surface area contributed by atoms with E-state index in [1.807, 2.05) is 6.92 Å². The van der Waals surface area contributed by atoms with Gasteiger partial charge in [-0.1, -0.05) is 6.07 Å². The second-order valence-corrected chi connectivity index (χ2v) is 4.78. The molecule has 0 unspecified atom stereocenters. The van der Waals surface area contributed by atoms with Crippen LogP contribution < -0.4 is 4.74 Å². The summed E-state index contributed by atoms with van der Waals surface area (Å²) >= 11 is 0. The number of rotatable bonds is 2. The van der Waals surface area contributed by atoms with E-state index in [0.717, 1.165) is 25.0 Å². The molecule has 0 spiro atoms. The zero-order valence-corrected chi connectivity index (χ0v) is 9.28. The zero-order chi connectivity index (χ0) is 11.1. The standard InChI is InChI=1S/C13H15FO2/c1-8-2-3-10(14)6-11(8)16-13-5-9-4-12(13)15-7-9/h2-3,6,9,12-13H,4-5,7H2,1H3/t9-,12+,13+/m1/s1. The van der Waals surface area contributed by atoms with E-state index in [4.69, 9.17) is 9.47 Å². The first-order chi connectivity index (χ1) is 7.72. The molecule has 1 heterocycles. The van der Waals surface area contributed by atoms with Crippen molar-refractivity contribution in [2.45, 2.75) is 32.0 Å². The highest BCUT2D eigenvalue weighted by atomic mass is 19.1. The fourth-order valence-electron chi connectivity index (χ4n) is 2.62. The molecule has 1 aliphatic heterocycles. The Labute approximate surface area is 94.4 Å². The molecule has 1 saturated carbocycles. The Bertz CT molecular complexity index is 405. The number of hydrogen-bond acceptors (Lipinski definition) is 2. The van der Waals surface area contributed by atoms with Crippen molar-refractivity contribution in [3.63, 3.8) is 0 Å². The molecule has 3 rings (SSSR count). The van der Waals surface area contributed by atoms with Crippen LogP contribution in [0.15, 0.2) is 18.2 Å². The number of aryl methyl sites for hydroxylation is 1. The van der Waals surface area contributed by atoms with Crippen LogP contribution in [0.2, 0.25) is 0 Å². The van der Waals surface area contributed by atoms with Crippen molar-refractivity contribution in [2.75, 3.05) is 6.61 Å². The average molecular weight is 222 g/mol. The Morgan fingerprint density at radius 3 is 2.94 bits per heavy atom. The van der Waals surface area contributed by atoms with Gasteiger partial charge in [-0.3, -0.25) is 0 Å². The van der Waals surface area contributed by atoms with Crippen molar-refractivity contribution in [3.05, 3.63) is 29.6 Å². The third-order valence-electron chi connectivity index (χ3n) is 3.52. The van der Waals surface area contributed by atoms with Crippen molar-refractivity contribution in [1.82, 2.24) is 0 Å². The molecule has 0 radical (unpaired) electrons. The van der Waals surface area contributed by atoms with Gasteiger partial charge in [-0.25, -0.2) is 4.39 Å². The Balaban J connectivity index is 1.76. The van der Waals surface area contributed by atoms with E-state index in [1.54, 1.807) is 6.07 Å². The summed E-state index contributed by atoms with van der Waals surface area (Å²) in [4.78, 5) is 0. The molecule has 0 amide bonds. The predicted octanol–water partition coefficient (Wildman–Crippen LogP) is 2.69. The topological polar surface area (TPSA) is 18.5 Å². The van der Waals surface area contributed by atoms with Crippen LogP contribution in [0.1, 0.15) is 18.4 Å². The van der Waals surface area contributed by atoms with Gasteiger partial charge >= 0.3 is 0 Å². The summed E-state index contributed by atoms with van der Waals surface area (Å²) < 4.78 is 24.5. The molecule has 16 heavy (non-hydrogen) atoms. The lowest BCUT2D eigenvalue weighted by Crippen LogP contribution is -2.30. The summed E-state index contributed by atoms with van der Waals surface area (Å²) in [6, 6.07) is 4.67. The highest BCUT2D eigenvalue weighted by molar-refractivity contribution is 5.33. The Hall–Kier alpha value is -1.09. The van der Waals surface area contributed by atoms with Crippen LogP contribution in [0.25, 0.3) is 0 Å². The average Bonchev–Trinajstić information content (AvgIpc) is 2.85. The van der Waals surface area contributed by atoms with E-state index < -0.39 is 0 Å². The van der Waals surface area contributed by atoms with Gasteiger partial charge in [-0.2, -0.15) is 0 Å². The smallest absolute Gasteiger partial charge is 0.126 e. The lowest BCUT2D eigenvalue weighted by Gasteiger charge is -2.24. The van der Waals surface area contributed by atoms with Crippen molar-refractivity contribution in [1.29, 1.82) is 0 Å². The molecule has 2 bridgehead atoms. The van der Waals surface area contributed by atoms with E-state index in [1.165, 1.54) is 12.1 Å². The predicted molar refractivity (Wildman–Crippen MR) is 58.0 cm³/mol. The van der Waals surface area contributed by atoms with Gasteiger partial charge < -0.3 is 9.47 Å². The summed E-state index contributed by atoms with van der Waals surface area (Å²) in [6.45, 7) is 2.80. The minimum atomic E-state index is -0.246. The summed E-state index contributed by atoms with van der Waals surface area (Å²) in [5.74, 6) is 1.05. The second-order valence-electron chi connectivity index (χ2n) is 4.78. The van der Waals surface area contributed by atoms with Gasteiger partial charge in [0.25, 0.3) is 0 Å². The molecular weight excluding hydrogens is 207 g/mol. The number of halogens is 1. The van der Waals surface area contributed by atoms with Crippen LogP contribution in [0, 0.1) is 18.7 Å². The number of fused-ring (bicyclic) bond motifs is 2. The SMILES string of the molecule is Cc1ccc(F)cc1O[C@H]1C[C@@H]2CO[C@H]1C2. The lowest BCUT2D eigenvalue weighted by molar-refractivity contribution is -0.0111. The van der Waals surface area contributed by atoms with Gasteiger partial charge in [0.15, 0.2) is 0 Å². The van der Waals surface area contributed by atoms with E-state index in [-0.39, 0.29) is 18.0 Å². The van der Waals surface area contributed by atoms with Crippen molar-refractivity contribution < 1.29 is 13.9 Å². The molecular formula is C13H15FO2. The molecule has 86 valence electrons.